The Labute approximate surface area is 199 Å². The first-order valence-corrected chi connectivity index (χ1v) is 11.5. The molecule has 1 heterocycles. The minimum atomic E-state index is -0.284. The molecule has 4 rings (SSSR count). The van der Waals surface area contributed by atoms with Crippen molar-refractivity contribution < 1.29 is 14.3 Å². The lowest BCUT2D eigenvalue weighted by molar-refractivity contribution is -0.133. The van der Waals surface area contributed by atoms with Crippen molar-refractivity contribution in [2.75, 3.05) is 25.1 Å². The Kier molecular flexibility index (Phi) is 6.99. The van der Waals surface area contributed by atoms with Crippen molar-refractivity contribution in [3.63, 3.8) is 0 Å². The van der Waals surface area contributed by atoms with Gasteiger partial charge in [0.15, 0.2) is 0 Å². The lowest BCUT2D eigenvalue weighted by Gasteiger charge is -2.36. The zero-order chi connectivity index (χ0) is 23.4. The minimum Gasteiger partial charge on any atom is -0.497 e. The molecule has 0 saturated carbocycles. The molecule has 0 fully saturated rings. The van der Waals surface area contributed by atoms with Crippen LogP contribution in [0.15, 0.2) is 72.8 Å². The van der Waals surface area contributed by atoms with E-state index < -0.39 is 0 Å². The number of amides is 2. The Balaban J connectivity index is 1.57. The Hall–Kier alpha value is -3.31. The number of methoxy groups -OCH3 is 1. The Morgan fingerprint density at radius 1 is 1.03 bits per heavy atom. The topological polar surface area (TPSA) is 49.9 Å². The van der Waals surface area contributed by atoms with Gasteiger partial charge in [-0.2, -0.15) is 0 Å². The first-order chi connectivity index (χ1) is 16.0. The van der Waals surface area contributed by atoms with Crippen LogP contribution in [0.25, 0.3) is 0 Å². The molecule has 1 aliphatic rings. The molecule has 0 aliphatic carbocycles. The molecule has 0 aromatic heterocycles. The van der Waals surface area contributed by atoms with Gasteiger partial charge < -0.3 is 14.5 Å². The molecule has 6 heteroatoms. The molecule has 33 heavy (non-hydrogen) atoms. The third kappa shape index (κ3) is 4.88. The molecule has 1 aliphatic heterocycles. The Morgan fingerprint density at radius 3 is 2.39 bits per heavy atom. The fourth-order valence-corrected chi connectivity index (χ4v) is 4.42. The second kappa shape index (κ2) is 10.1. The lowest BCUT2D eigenvalue weighted by Crippen LogP contribution is -2.42. The van der Waals surface area contributed by atoms with E-state index >= 15 is 0 Å². The average Bonchev–Trinajstić information content (AvgIpc) is 2.87. The molecule has 3 aromatic rings. The third-order valence-electron chi connectivity index (χ3n) is 6.10. The standard InChI is InChI=1S/C27H27ClN2O3/c1-3-29(18-19-8-12-21(28)13-9-19)27(32)24-16-17-30(25-7-5-4-6-23(24)25)26(31)20-10-14-22(33-2)15-11-20/h4-15,24H,3,16-18H2,1-2H3. The number of ether oxygens (including phenoxy) is 1. The normalized spacial score (nSPS) is 15.0. The summed E-state index contributed by atoms with van der Waals surface area (Å²) in [5, 5.41) is 0.677. The van der Waals surface area contributed by atoms with Crippen LogP contribution in [0.3, 0.4) is 0 Å². The van der Waals surface area contributed by atoms with Gasteiger partial charge in [0.1, 0.15) is 5.75 Å². The summed E-state index contributed by atoms with van der Waals surface area (Å²) in [6.07, 6.45) is 0.578. The quantitative estimate of drug-likeness (QED) is 0.483. The van der Waals surface area contributed by atoms with Gasteiger partial charge >= 0.3 is 0 Å². The highest BCUT2D eigenvalue weighted by Crippen LogP contribution is 2.37. The van der Waals surface area contributed by atoms with Crippen LogP contribution in [0, 0.1) is 0 Å². The maximum absolute atomic E-state index is 13.6. The Bertz CT molecular complexity index is 1130. The van der Waals surface area contributed by atoms with Gasteiger partial charge in [0.25, 0.3) is 5.91 Å². The maximum atomic E-state index is 13.6. The van der Waals surface area contributed by atoms with Gasteiger partial charge in [-0.1, -0.05) is 41.9 Å². The van der Waals surface area contributed by atoms with Crippen molar-refractivity contribution >= 4 is 29.1 Å². The van der Waals surface area contributed by atoms with Gasteiger partial charge in [-0.15, -0.1) is 0 Å². The second-order valence-corrected chi connectivity index (χ2v) is 8.50. The van der Waals surface area contributed by atoms with Crippen molar-refractivity contribution in [3.05, 3.63) is 94.5 Å². The summed E-state index contributed by atoms with van der Waals surface area (Å²) < 4.78 is 5.20. The number of benzene rings is 3. The Morgan fingerprint density at radius 2 is 1.73 bits per heavy atom. The minimum absolute atomic E-state index is 0.0792. The molecule has 5 nitrogen and oxygen atoms in total. The largest absolute Gasteiger partial charge is 0.497 e. The van der Waals surface area contributed by atoms with Crippen LogP contribution in [-0.4, -0.2) is 36.9 Å². The number of likely N-dealkylation sites (N-methyl/N-ethyl adjacent to an activating group) is 1. The van der Waals surface area contributed by atoms with Crippen molar-refractivity contribution in [1.29, 1.82) is 0 Å². The SMILES string of the molecule is CCN(Cc1ccc(Cl)cc1)C(=O)C1CCN(C(=O)c2ccc(OC)cc2)c2ccccc21. The van der Waals surface area contributed by atoms with Crippen LogP contribution < -0.4 is 9.64 Å². The summed E-state index contributed by atoms with van der Waals surface area (Å²) in [5.74, 6) is 0.422. The predicted octanol–water partition coefficient (Wildman–Crippen LogP) is 5.53. The molecule has 0 saturated heterocycles. The molecule has 0 N–H and O–H groups in total. The van der Waals surface area contributed by atoms with E-state index in [1.54, 1.807) is 36.3 Å². The molecular formula is C27H27ClN2O3. The van der Waals surface area contributed by atoms with Gasteiger partial charge in [-0.05, 0) is 66.9 Å². The van der Waals surface area contributed by atoms with Gasteiger partial charge in [0.05, 0.1) is 13.0 Å². The monoisotopic (exact) mass is 462 g/mol. The van der Waals surface area contributed by atoms with E-state index in [0.29, 0.717) is 42.4 Å². The molecular weight excluding hydrogens is 436 g/mol. The first kappa shape index (κ1) is 22.9. The highest BCUT2D eigenvalue weighted by molar-refractivity contribution is 6.30. The van der Waals surface area contributed by atoms with Crippen molar-refractivity contribution in [3.8, 4) is 5.75 Å². The number of nitrogens with zero attached hydrogens (tertiary/aromatic N) is 2. The number of anilines is 1. The van der Waals surface area contributed by atoms with Crippen LogP contribution in [0.2, 0.25) is 5.02 Å². The smallest absolute Gasteiger partial charge is 0.258 e. The van der Waals surface area contributed by atoms with Crippen LogP contribution in [0.4, 0.5) is 5.69 Å². The van der Waals surface area contributed by atoms with Crippen LogP contribution in [-0.2, 0) is 11.3 Å². The van der Waals surface area contributed by atoms with Gasteiger partial charge in [-0.3, -0.25) is 9.59 Å². The van der Waals surface area contributed by atoms with E-state index in [4.69, 9.17) is 16.3 Å². The van der Waals surface area contributed by atoms with Gasteiger partial charge in [0, 0.05) is 35.9 Å². The fraction of sp³-hybridized carbons (Fsp3) is 0.259. The number of rotatable bonds is 6. The van der Waals surface area contributed by atoms with E-state index in [1.165, 1.54) is 0 Å². The molecule has 0 bridgehead atoms. The average molecular weight is 463 g/mol. The summed E-state index contributed by atoms with van der Waals surface area (Å²) in [5.41, 5.74) is 3.32. The number of hydrogen-bond acceptors (Lipinski definition) is 3. The van der Waals surface area contributed by atoms with Gasteiger partial charge in [-0.25, -0.2) is 0 Å². The van der Waals surface area contributed by atoms with Crippen molar-refractivity contribution in [1.82, 2.24) is 4.90 Å². The summed E-state index contributed by atoms with van der Waals surface area (Å²) in [6.45, 7) is 3.60. The zero-order valence-corrected chi connectivity index (χ0v) is 19.6. The molecule has 2 amide bonds. The molecule has 0 spiro atoms. The van der Waals surface area contributed by atoms with E-state index in [2.05, 4.69) is 0 Å². The summed E-state index contributed by atoms with van der Waals surface area (Å²) >= 11 is 6.00. The lowest BCUT2D eigenvalue weighted by atomic mass is 9.88. The van der Waals surface area contributed by atoms with E-state index in [-0.39, 0.29) is 17.7 Å². The molecule has 1 atom stereocenters. The van der Waals surface area contributed by atoms with E-state index in [9.17, 15) is 9.59 Å². The van der Waals surface area contributed by atoms with Crippen LogP contribution >= 0.6 is 11.6 Å². The number of fused-ring (bicyclic) bond motifs is 1. The second-order valence-electron chi connectivity index (χ2n) is 8.06. The number of carbonyl (C=O) groups is 2. The summed E-state index contributed by atoms with van der Waals surface area (Å²) in [6, 6.07) is 22.4. The summed E-state index contributed by atoms with van der Waals surface area (Å²) in [4.78, 5) is 30.5. The zero-order valence-electron chi connectivity index (χ0n) is 18.8. The maximum Gasteiger partial charge on any atom is 0.258 e. The fourth-order valence-electron chi connectivity index (χ4n) is 4.30. The molecule has 3 aromatic carbocycles. The molecule has 170 valence electrons. The number of halogens is 1. The number of hydrogen-bond donors (Lipinski definition) is 0. The van der Waals surface area contributed by atoms with Crippen molar-refractivity contribution in [2.24, 2.45) is 0 Å². The highest BCUT2D eigenvalue weighted by atomic mass is 35.5. The predicted molar refractivity (Wildman–Crippen MR) is 131 cm³/mol. The summed E-state index contributed by atoms with van der Waals surface area (Å²) in [7, 11) is 1.60. The van der Waals surface area contributed by atoms with E-state index in [1.807, 2.05) is 60.4 Å². The van der Waals surface area contributed by atoms with Crippen molar-refractivity contribution in [2.45, 2.75) is 25.8 Å². The number of para-hydroxylation sites is 1. The highest BCUT2D eigenvalue weighted by Gasteiger charge is 2.34. The third-order valence-corrected chi connectivity index (χ3v) is 6.36. The molecule has 1 unspecified atom stereocenters. The van der Waals surface area contributed by atoms with Gasteiger partial charge in [0.2, 0.25) is 5.91 Å². The first-order valence-electron chi connectivity index (χ1n) is 11.1. The van der Waals surface area contributed by atoms with Crippen LogP contribution in [0.5, 0.6) is 5.75 Å². The van der Waals surface area contributed by atoms with E-state index in [0.717, 1.165) is 16.8 Å². The molecule has 0 radical (unpaired) electrons. The number of carbonyl (C=O) groups excluding carboxylic acids is 2. The van der Waals surface area contributed by atoms with Crippen LogP contribution in [0.1, 0.15) is 40.7 Å².